The van der Waals surface area contributed by atoms with Gasteiger partial charge in [-0.3, -0.25) is 9.59 Å². The lowest BCUT2D eigenvalue weighted by Gasteiger charge is -2.28. The fourth-order valence-electron chi connectivity index (χ4n) is 4.08. The molecule has 1 N–H and O–H groups in total. The lowest BCUT2D eigenvalue weighted by atomic mass is 10.0. The third-order valence-corrected chi connectivity index (χ3v) is 5.79. The van der Waals surface area contributed by atoms with E-state index in [1.165, 1.54) is 27.7 Å². The minimum atomic E-state index is -4.58. The Bertz CT molecular complexity index is 1480. The lowest BCUT2D eigenvalue weighted by Crippen LogP contribution is -2.38. The van der Waals surface area contributed by atoms with Crippen LogP contribution in [0.25, 0.3) is 10.8 Å². The van der Waals surface area contributed by atoms with E-state index in [-0.39, 0.29) is 43.0 Å². The first-order valence-corrected chi connectivity index (χ1v) is 11.4. The Morgan fingerprint density at radius 3 is 2.53 bits per heavy atom. The van der Waals surface area contributed by atoms with Crippen LogP contribution in [0.5, 0.6) is 0 Å². The van der Waals surface area contributed by atoms with Crippen LogP contribution in [0.3, 0.4) is 0 Å². The van der Waals surface area contributed by atoms with E-state index in [2.05, 4.69) is 15.2 Å². The van der Waals surface area contributed by atoms with Crippen LogP contribution in [-0.2, 0) is 25.7 Å². The van der Waals surface area contributed by atoms with Crippen molar-refractivity contribution < 1.29 is 22.4 Å². The monoisotopic (exact) mass is 501 g/mol. The maximum absolute atomic E-state index is 14.6. The molecule has 0 atom stereocenters. The zero-order chi connectivity index (χ0) is 26.0. The second-order valence-corrected chi connectivity index (χ2v) is 8.00. The first-order valence-electron chi connectivity index (χ1n) is 11.4. The fraction of sp³-hybridized carbons (Fsp3) is 0.280. The number of nitrogens with one attached hydrogen (secondary N) is 1. The molecule has 0 radical (unpaired) electrons. The number of imidazole rings is 1. The summed E-state index contributed by atoms with van der Waals surface area (Å²) in [7, 11) is 0. The summed E-state index contributed by atoms with van der Waals surface area (Å²) < 4.78 is 54.8. The van der Waals surface area contributed by atoms with Crippen molar-refractivity contribution in [2.75, 3.05) is 6.54 Å². The van der Waals surface area contributed by atoms with E-state index in [9.17, 15) is 27.2 Å². The van der Waals surface area contributed by atoms with Crippen LogP contribution in [0.15, 0.2) is 53.5 Å². The van der Waals surface area contributed by atoms with E-state index in [0.717, 1.165) is 6.20 Å². The van der Waals surface area contributed by atoms with Gasteiger partial charge in [-0.15, -0.1) is 0 Å². The first kappa shape index (κ1) is 25.1. The molecule has 2 aromatic heterocycles. The highest BCUT2D eigenvalue weighted by Gasteiger charge is 2.36. The molecule has 1 amide bonds. The van der Waals surface area contributed by atoms with Crippen molar-refractivity contribution in [2.45, 2.75) is 39.5 Å². The van der Waals surface area contributed by atoms with E-state index in [4.69, 9.17) is 0 Å². The van der Waals surface area contributed by atoms with Crippen LogP contribution < -0.4 is 5.56 Å². The Balaban J connectivity index is 0.00000148. The number of H-pyrrole nitrogens is 1. The summed E-state index contributed by atoms with van der Waals surface area (Å²) in [5.74, 6) is -1.29. The van der Waals surface area contributed by atoms with Gasteiger partial charge in [0.05, 0.1) is 23.2 Å². The average Bonchev–Trinajstić information content (AvgIpc) is 3.32. The molecule has 11 heteroatoms. The number of carbonyl (C=O) groups excluding carboxylic acids is 1. The van der Waals surface area contributed by atoms with Gasteiger partial charge in [-0.05, 0) is 23.8 Å². The van der Waals surface area contributed by atoms with Crippen LogP contribution in [0.1, 0.15) is 47.0 Å². The highest BCUT2D eigenvalue weighted by Crippen LogP contribution is 2.30. The molecule has 1 aliphatic rings. The highest BCUT2D eigenvalue weighted by atomic mass is 19.4. The summed E-state index contributed by atoms with van der Waals surface area (Å²) in [6.07, 6.45) is -3.43. The van der Waals surface area contributed by atoms with E-state index in [1.54, 1.807) is 24.3 Å². The van der Waals surface area contributed by atoms with Crippen LogP contribution in [0.2, 0.25) is 0 Å². The number of amides is 1. The van der Waals surface area contributed by atoms with Crippen LogP contribution in [0.4, 0.5) is 17.6 Å². The molecule has 0 fully saturated rings. The quantitative estimate of drug-likeness (QED) is 0.418. The van der Waals surface area contributed by atoms with Gasteiger partial charge in [-0.25, -0.2) is 14.5 Å². The van der Waals surface area contributed by atoms with Crippen molar-refractivity contribution in [2.24, 2.45) is 0 Å². The molecule has 0 saturated heterocycles. The minimum absolute atomic E-state index is 0.0902. The Morgan fingerprint density at radius 2 is 1.81 bits per heavy atom. The average molecular weight is 501 g/mol. The number of aromatic nitrogens is 4. The molecule has 0 spiro atoms. The third kappa shape index (κ3) is 4.86. The van der Waals surface area contributed by atoms with E-state index < -0.39 is 23.6 Å². The molecular formula is C25H23F4N5O2. The Labute approximate surface area is 203 Å². The number of carbonyl (C=O) groups is 1. The molecular weight excluding hydrogens is 478 g/mol. The summed E-state index contributed by atoms with van der Waals surface area (Å²) >= 11 is 0. The molecule has 7 nitrogen and oxygen atoms in total. The summed E-state index contributed by atoms with van der Waals surface area (Å²) in [6.45, 7) is 4.08. The predicted octanol–water partition coefficient (Wildman–Crippen LogP) is 4.55. The molecule has 5 rings (SSSR count). The summed E-state index contributed by atoms with van der Waals surface area (Å²) in [5.41, 5.74) is -0.397. The van der Waals surface area contributed by atoms with Gasteiger partial charge in [0.1, 0.15) is 11.6 Å². The van der Waals surface area contributed by atoms with Crippen molar-refractivity contribution >= 4 is 16.7 Å². The van der Waals surface area contributed by atoms with Gasteiger partial charge in [-0.1, -0.05) is 38.1 Å². The van der Waals surface area contributed by atoms with Crippen LogP contribution in [0, 0.1) is 5.82 Å². The van der Waals surface area contributed by atoms with Crippen molar-refractivity contribution in [1.29, 1.82) is 0 Å². The Hall–Kier alpha value is -4.02. The second kappa shape index (κ2) is 9.92. The maximum Gasteiger partial charge on any atom is 0.434 e. The number of nitrogens with zero attached hydrogens (tertiary/aromatic N) is 4. The topological polar surface area (TPSA) is 83.9 Å². The predicted molar refractivity (Wildman–Crippen MR) is 125 cm³/mol. The van der Waals surface area contributed by atoms with Gasteiger partial charge >= 0.3 is 6.18 Å². The molecule has 1 aliphatic heterocycles. The number of benzene rings is 2. The number of aromatic amines is 1. The Kier molecular flexibility index (Phi) is 6.91. The van der Waals surface area contributed by atoms with Gasteiger partial charge in [-0.2, -0.15) is 18.3 Å². The van der Waals surface area contributed by atoms with Gasteiger partial charge in [0.15, 0.2) is 5.69 Å². The molecule has 0 bridgehead atoms. The first-order chi connectivity index (χ1) is 17.2. The summed E-state index contributed by atoms with van der Waals surface area (Å²) in [6, 6.07) is 11.0. The number of rotatable bonds is 3. The van der Waals surface area contributed by atoms with Crippen molar-refractivity contribution in [1.82, 2.24) is 24.6 Å². The molecule has 0 saturated carbocycles. The SMILES string of the molecule is CC.O=C(c1cc(Cc2n[nH]c(=O)c3ccccc23)ccc1F)N1CCn2cc(C(F)(F)F)nc2C1. The van der Waals surface area contributed by atoms with Crippen LogP contribution in [-0.4, -0.2) is 37.1 Å². The summed E-state index contributed by atoms with van der Waals surface area (Å²) in [5, 5.41) is 7.66. The lowest BCUT2D eigenvalue weighted by molar-refractivity contribution is -0.141. The van der Waals surface area contributed by atoms with Gasteiger partial charge in [0, 0.05) is 31.1 Å². The van der Waals surface area contributed by atoms with Crippen LogP contribution >= 0.6 is 0 Å². The normalized spacial score (nSPS) is 13.2. The minimum Gasteiger partial charge on any atom is -0.331 e. The largest absolute Gasteiger partial charge is 0.434 e. The van der Waals surface area contributed by atoms with E-state index >= 15 is 0 Å². The zero-order valence-corrected chi connectivity index (χ0v) is 19.6. The molecule has 0 aliphatic carbocycles. The summed E-state index contributed by atoms with van der Waals surface area (Å²) in [4.78, 5) is 29.9. The molecule has 3 heterocycles. The Morgan fingerprint density at radius 1 is 1.08 bits per heavy atom. The standard InChI is InChI=1S/C23H17F4N5O2.C2H6/c24-17-6-5-13(10-18-14-3-1-2-4-15(14)21(33)30-29-18)9-16(17)22(34)32-8-7-31-11-19(23(25,26)27)28-20(31)12-32;1-2/h1-6,9,11H,7-8,10,12H2,(H,30,33);1-2H3. The maximum atomic E-state index is 14.6. The smallest absolute Gasteiger partial charge is 0.331 e. The van der Waals surface area contributed by atoms with Gasteiger partial charge in [0.2, 0.25) is 0 Å². The molecule has 0 unspecified atom stereocenters. The van der Waals surface area contributed by atoms with Crippen molar-refractivity contribution in [3.8, 4) is 0 Å². The second-order valence-electron chi connectivity index (χ2n) is 8.00. The number of hydrogen-bond acceptors (Lipinski definition) is 4. The molecule has 2 aromatic carbocycles. The van der Waals surface area contributed by atoms with Crippen molar-refractivity contribution in [3.63, 3.8) is 0 Å². The number of hydrogen-bond donors (Lipinski definition) is 1. The highest BCUT2D eigenvalue weighted by molar-refractivity contribution is 5.94. The third-order valence-electron chi connectivity index (χ3n) is 5.79. The number of fused-ring (bicyclic) bond motifs is 2. The van der Waals surface area contributed by atoms with Gasteiger partial charge < -0.3 is 9.47 Å². The van der Waals surface area contributed by atoms with Crippen molar-refractivity contribution in [3.05, 3.63) is 93.2 Å². The molecule has 188 valence electrons. The van der Waals surface area contributed by atoms with E-state index in [1.807, 2.05) is 13.8 Å². The fourth-order valence-corrected chi connectivity index (χ4v) is 4.08. The van der Waals surface area contributed by atoms with E-state index in [0.29, 0.717) is 22.0 Å². The molecule has 4 aromatic rings. The number of alkyl halides is 3. The van der Waals surface area contributed by atoms with Gasteiger partial charge in [0.25, 0.3) is 11.5 Å². The zero-order valence-electron chi connectivity index (χ0n) is 19.6. The molecule has 36 heavy (non-hydrogen) atoms. The number of halogens is 4.